The quantitative estimate of drug-likeness (QED) is 0.624. The third kappa shape index (κ3) is 1.03. The van der Waals surface area contributed by atoms with E-state index in [1.54, 1.807) is 17.2 Å². The lowest BCUT2D eigenvalue weighted by molar-refractivity contribution is 0.471. The second-order valence-electron chi connectivity index (χ2n) is 2.82. The van der Waals surface area contributed by atoms with Crippen LogP contribution in [0.4, 0.5) is 0 Å². The summed E-state index contributed by atoms with van der Waals surface area (Å²) in [4.78, 5) is 9.67. The summed E-state index contributed by atoms with van der Waals surface area (Å²) in [6.45, 7) is 4.03. The van der Waals surface area contributed by atoms with Gasteiger partial charge >= 0.3 is 0 Å². The van der Waals surface area contributed by atoms with Gasteiger partial charge in [-0.2, -0.15) is 4.80 Å². The van der Waals surface area contributed by atoms with Crippen molar-refractivity contribution in [1.29, 1.82) is 0 Å². The number of hydrogen-bond donors (Lipinski definition) is 0. The smallest absolute Gasteiger partial charge is 0.221 e. The highest BCUT2D eigenvalue weighted by molar-refractivity contribution is 5.62. The Morgan fingerprint density at radius 2 is 1.58 bits per heavy atom. The average molecular weight is 163 g/mol. The molecule has 2 heterocycles. The zero-order valence-electron chi connectivity index (χ0n) is 6.97. The van der Waals surface area contributed by atoms with Crippen LogP contribution in [-0.4, -0.2) is 25.0 Å². The molecule has 0 aliphatic carbocycles. The van der Waals surface area contributed by atoms with Crippen LogP contribution in [0.3, 0.4) is 0 Å². The van der Waals surface area contributed by atoms with Crippen LogP contribution in [0, 0.1) is 0 Å². The molecule has 12 heavy (non-hydrogen) atoms. The third-order valence-electron chi connectivity index (χ3n) is 1.52. The fraction of sp³-hybridized carbons (Fsp3) is 0.429. The molecule has 0 saturated carbocycles. The molecule has 0 bridgehead atoms. The van der Waals surface area contributed by atoms with Crippen molar-refractivity contribution < 1.29 is 0 Å². The van der Waals surface area contributed by atoms with E-state index in [0.29, 0.717) is 11.3 Å². The van der Waals surface area contributed by atoms with Gasteiger partial charge in [0.1, 0.15) is 0 Å². The number of fused-ring (bicyclic) bond motifs is 1. The maximum Gasteiger partial charge on any atom is 0.221 e. The van der Waals surface area contributed by atoms with E-state index < -0.39 is 0 Å². The molecule has 0 aliphatic rings. The highest BCUT2D eigenvalue weighted by Gasteiger charge is 2.05. The van der Waals surface area contributed by atoms with Crippen LogP contribution < -0.4 is 0 Å². The molecule has 0 N–H and O–H groups in total. The topological polar surface area (TPSA) is 56.5 Å². The van der Waals surface area contributed by atoms with Crippen LogP contribution in [0.2, 0.25) is 0 Å². The number of rotatable bonds is 1. The maximum absolute atomic E-state index is 4.14. The second-order valence-corrected chi connectivity index (χ2v) is 2.82. The molecule has 62 valence electrons. The van der Waals surface area contributed by atoms with E-state index in [9.17, 15) is 0 Å². The molecule has 2 rings (SSSR count). The predicted molar refractivity (Wildman–Crippen MR) is 43.5 cm³/mol. The van der Waals surface area contributed by atoms with Crippen LogP contribution in [0.1, 0.15) is 19.9 Å². The summed E-state index contributed by atoms with van der Waals surface area (Å²) in [5, 5.41) is 8.29. The minimum atomic E-state index is 0.251. The van der Waals surface area contributed by atoms with E-state index in [2.05, 4.69) is 20.2 Å². The molecule has 0 radical (unpaired) electrons. The first-order chi connectivity index (χ1) is 5.77. The predicted octanol–water partition coefficient (Wildman–Crippen LogP) is 0.802. The van der Waals surface area contributed by atoms with Crippen molar-refractivity contribution in [3.63, 3.8) is 0 Å². The van der Waals surface area contributed by atoms with Crippen molar-refractivity contribution in [2.75, 3.05) is 0 Å². The molecule has 0 atom stereocenters. The number of hydrogen-bond acceptors (Lipinski definition) is 4. The van der Waals surface area contributed by atoms with Crippen LogP contribution in [0.5, 0.6) is 0 Å². The van der Waals surface area contributed by atoms with Gasteiger partial charge in [-0.25, -0.2) is 9.97 Å². The molecular formula is C7H9N5. The molecular weight excluding hydrogens is 154 g/mol. The third-order valence-corrected chi connectivity index (χ3v) is 1.52. The van der Waals surface area contributed by atoms with Crippen molar-refractivity contribution in [2.45, 2.75) is 19.9 Å². The lowest BCUT2D eigenvalue weighted by Crippen LogP contribution is -2.04. The first-order valence-electron chi connectivity index (χ1n) is 3.81. The molecule has 0 aliphatic heterocycles. The van der Waals surface area contributed by atoms with Crippen LogP contribution >= 0.6 is 0 Å². The van der Waals surface area contributed by atoms with E-state index in [0.717, 1.165) is 0 Å². The van der Waals surface area contributed by atoms with Gasteiger partial charge in [-0.3, -0.25) is 0 Å². The van der Waals surface area contributed by atoms with Gasteiger partial charge in [0.15, 0.2) is 0 Å². The van der Waals surface area contributed by atoms with E-state index in [1.165, 1.54) is 0 Å². The van der Waals surface area contributed by atoms with Gasteiger partial charge in [-0.1, -0.05) is 0 Å². The van der Waals surface area contributed by atoms with Crippen molar-refractivity contribution >= 4 is 11.3 Å². The lowest BCUT2D eigenvalue weighted by Gasteiger charge is -1.99. The first kappa shape index (κ1) is 7.15. The summed E-state index contributed by atoms with van der Waals surface area (Å²) in [5.74, 6) is 0. The van der Waals surface area contributed by atoms with Gasteiger partial charge in [0, 0.05) is 12.4 Å². The van der Waals surface area contributed by atoms with Gasteiger partial charge in [0.25, 0.3) is 0 Å². The molecule has 0 saturated heterocycles. The van der Waals surface area contributed by atoms with E-state index in [1.807, 2.05) is 13.8 Å². The van der Waals surface area contributed by atoms with Crippen LogP contribution in [0.25, 0.3) is 11.3 Å². The molecule has 5 heteroatoms. The van der Waals surface area contributed by atoms with Gasteiger partial charge in [0.2, 0.25) is 11.3 Å². The van der Waals surface area contributed by atoms with Crippen molar-refractivity contribution in [2.24, 2.45) is 0 Å². The van der Waals surface area contributed by atoms with Gasteiger partial charge < -0.3 is 0 Å². The Hall–Kier alpha value is -1.52. The summed E-state index contributed by atoms with van der Waals surface area (Å²) in [6, 6.07) is 0.251. The van der Waals surface area contributed by atoms with Gasteiger partial charge in [-0.15, -0.1) is 10.2 Å². The number of aromatic nitrogens is 5. The Morgan fingerprint density at radius 3 is 2.00 bits per heavy atom. The molecule has 2 aromatic rings. The Labute approximate surface area is 69.4 Å². The Morgan fingerprint density at radius 1 is 1.08 bits per heavy atom. The summed E-state index contributed by atoms with van der Waals surface area (Å²) in [6.07, 6.45) is 3.23. The monoisotopic (exact) mass is 163 g/mol. The van der Waals surface area contributed by atoms with Crippen molar-refractivity contribution in [1.82, 2.24) is 25.0 Å². The van der Waals surface area contributed by atoms with Crippen LogP contribution in [-0.2, 0) is 0 Å². The summed E-state index contributed by atoms with van der Waals surface area (Å²) >= 11 is 0. The highest BCUT2D eigenvalue weighted by Crippen LogP contribution is 2.04. The fourth-order valence-corrected chi connectivity index (χ4v) is 0.912. The molecule has 0 unspecified atom stereocenters. The Bertz CT molecular complexity index is 358. The van der Waals surface area contributed by atoms with E-state index >= 15 is 0 Å². The van der Waals surface area contributed by atoms with Gasteiger partial charge in [0.05, 0.1) is 6.04 Å². The highest BCUT2D eigenvalue weighted by atomic mass is 15.5. The normalized spacial score (nSPS) is 11.2. The number of nitrogens with zero attached hydrogens (tertiary/aromatic N) is 5. The Kier molecular flexibility index (Phi) is 1.49. The second kappa shape index (κ2) is 2.51. The molecule has 5 nitrogen and oxygen atoms in total. The Balaban J connectivity index is 2.62. The van der Waals surface area contributed by atoms with Crippen LogP contribution in [0.15, 0.2) is 12.4 Å². The maximum atomic E-state index is 4.14. The average Bonchev–Trinajstić information content (AvgIpc) is 2.46. The van der Waals surface area contributed by atoms with E-state index in [-0.39, 0.29) is 6.04 Å². The largest absolute Gasteiger partial charge is 0.231 e. The zero-order chi connectivity index (χ0) is 8.55. The molecule has 0 spiro atoms. The minimum Gasteiger partial charge on any atom is -0.231 e. The van der Waals surface area contributed by atoms with Crippen molar-refractivity contribution in [3.05, 3.63) is 12.4 Å². The molecule has 0 fully saturated rings. The fourth-order valence-electron chi connectivity index (χ4n) is 0.912. The summed E-state index contributed by atoms with van der Waals surface area (Å²) in [5.41, 5.74) is 1.21. The lowest BCUT2D eigenvalue weighted by atomic mass is 10.4. The first-order valence-corrected chi connectivity index (χ1v) is 3.81. The molecule has 0 aromatic carbocycles. The molecule has 2 aromatic heterocycles. The molecule has 0 amide bonds. The standard InChI is InChI=1S/C7H9N5/c1-5(2)12-10-6-7(11-12)9-4-3-8-6/h3-5H,1-2H3. The zero-order valence-corrected chi connectivity index (χ0v) is 6.97. The van der Waals surface area contributed by atoms with E-state index in [4.69, 9.17) is 0 Å². The SMILES string of the molecule is CC(C)n1nc2nccnc2n1. The summed E-state index contributed by atoms with van der Waals surface area (Å²) < 4.78 is 0. The summed E-state index contributed by atoms with van der Waals surface area (Å²) in [7, 11) is 0. The van der Waals surface area contributed by atoms with Crippen molar-refractivity contribution in [3.8, 4) is 0 Å². The minimum absolute atomic E-state index is 0.251. The van der Waals surface area contributed by atoms with Gasteiger partial charge in [-0.05, 0) is 13.8 Å².